The van der Waals surface area contributed by atoms with Gasteiger partial charge in [0.15, 0.2) is 12.4 Å². The summed E-state index contributed by atoms with van der Waals surface area (Å²) in [6.07, 6.45) is 0. The van der Waals surface area contributed by atoms with Crippen molar-refractivity contribution in [3.63, 3.8) is 0 Å². The molecule has 0 saturated heterocycles. The molecule has 0 bridgehead atoms. The molecule has 0 fully saturated rings. The Balaban J connectivity index is 1.70. The predicted molar refractivity (Wildman–Crippen MR) is 119 cm³/mol. The lowest BCUT2D eigenvalue weighted by atomic mass is 10.2. The number of nitrogens with one attached hydrogen (secondary N) is 1. The van der Waals surface area contributed by atoms with Gasteiger partial charge in [0, 0.05) is 5.56 Å². The quantitative estimate of drug-likeness (QED) is 0.521. The van der Waals surface area contributed by atoms with Crippen LogP contribution in [0.15, 0.2) is 77.6 Å². The van der Waals surface area contributed by atoms with Gasteiger partial charge in [-0.3, -0.25) is 15.0 Å². The predicted octanol–water partition coefficient (Wildman–Crippen LogP) is 3.53. The fourth-order valence-electron chi connectivity index (χ4n) is 3.20. The first kappa shape index (κ1) is 20.2. The maximum atomic E-state index is 13.2. The first-order valence-electron chi connectivity index (χ1n) is 9.71. The third-order valence-electron chi connectivity index (χ3n) is 4.70. The van der Waals surface area contributed by atoms with E-state index in [1.165, 1.54) is 0 Å². The smallest absolute Gasteiger partial charge is 0.280 e. The molecule has 0 aliphatic carbocycles. The zero-order valence-corrected chi connectivity index (χ0v) is 17.2. The third kappa shape index (κ3) is 4.40. The van der Waals surface area contributed by atoms with Crippen molar-refractivity contribution in [2.75, 3.05) is 19.1 Å². The van der Waals surface area contributed by atoms with Gasteiger partial charge in [0.1, 0.15) is 11.5 Å². The minimum absolute atomic E-state index is 0.250. The minimum Gasteiger partial charge on any atom is -0.497 e. The molecule has 0 spiro atoms. The number of aryl methyl sites for hydroxylation is 1. The number of nitrogens with zero attached hydrogens (tertiary/aromatic N) is 2. The lowest BCUT2D eigenvalue weighted by molar-refractivity contribution is -0.119. The fraction of sp³-hybridized carbons (Fsp3) is 0.125. The number of methoxy groups -OCH3 is 1. The van der Waals surface area contributed by atoms with Crippen LogP contribution in [0.3, 0.4) is 0 Å². The molecule has 0 aliphatic heterocycles. The summed E-state index contributed by atoms with van der Waals surface area (Å²) < 4.78 is 12.0. The molecule has 1 aromatic heterocycles. The Morgan fingerprint density at radius 1 is 1.00 bits per heavy atom. The van der Waals surface area contributed by atoms with Crippen molar-refractivity contribution in [1.29, 1.82) is 0 Å². The monoisotopic (exact) mass is 415 g/mol. The zero-order chi connectivity index (χ0) is 21.8. The molecule has 7 nitrogen and oxygen atoms in total. The number of ether oxygens (including phenoxy) is 2. The molecule has 0 aliphatic rings. The number of aromatic nitrogens is 2. The molecule has 0 unspecified atom stereocenters. The standard InChI is InChI=1S/C24H21N3O4/c1-16-7-5-10-19(13-16)31-15-22(28)26-27-23(17-8-6-9-18(14-17)30-2)25-21-12-4-3-11-20(21)24(27)29/h3-14H,15H2,1-2H3,(H,26,28). The number of hydrogen-bond donors (Lipinski definition) is 1. The third-order valence-corrected chi connectivity index (χ3v) is 4.70. The van der Waals surface area contributed by atoms with Gasteiger partial charge in [0.25, 0.3) is 11.5 Å². The van der Waals surface area contributed by atoms with E-state index in [0.29, 0.717) is 33.8 Å². The van der Waals surface area contributed by atoms with Crippen molar-refractivity contribution in [2.45, 2.75) is 6.92 Å². The van der Waals surface area contributed by atoms with Crippen molar-refractivity contribution in [1.82, 2.24) is 9.66 Å². The van der Waals surface area contributed by atoms with Crippen molar-refractivity contribution in [2.24, 2.45) is 0 Å². The van der Waals surface area contributed by atoms with Crippen molar-refractivity contribution >= 4 is 16.8 Å². The van der Waals surface area contributed by atoms with Crippen LogP contribution in [0.1, 0.15) is 5.56 Å². The van der Waals surface area contributed by atoms with Gasteiger partial charge in [-0.25, -0.2) is 4.98 Å². The molecule has 7 heteroatoms. The molecule has 1 amide bonds. The van der Waals surface area contributed by atoms with Gasteiger partial charge in [-0.2, -0.15) is 4.68 Å². The molecule has 0 saturated carbocycles. The molecule has 31 heavy (non-hydrogen) atoms. The van der Waals surface area contributed by atoms with Crippen LogP contribution in [-0.2, 0) is 4.79 Å². The first-order valence-corrected chi connectivity index (χ1v) is 9.71. The van der Waals surface area contributed by atoms with Gasteiger partial charge in [0.2, 0.25) is 0 Å². The van der Waals surface area contributed by atoms with E-state index in [1.54, 1.807) is 55.6 Å². The summed E-state index contributed by atoms with van der Waals surface area (Å²) in [7, 11) is 1.56. The van der Waals surface area contributed by atoms with E-state index < -0.39 is 5.91 Å². The summed E-state index contributed by atoms with van der Waals surface area (Å²) in [6.45, 7) is 1.69. The first-order chi connectivity index (χ1) is 15.0. The largest absolute Gasteiger partial charge is 0.497 e. The van der Waals surface area contributed by atoms with E-state index in [-0.39, 0.29) is 12.2 Å². The topological polar surface area (TPSA) is 82.5 Å². The Morgan fingerprint density at radius 2 is 1.77 bits per heavy atom. The fourth-order valence-corrected chi connectivity index (χ4v) is 3.20. The van der Waals surface area contributed by atoms with Crippen LogP contribution in [0.5, 0.6) is 11.5 Å². The highest BCUT2D eigenvalue weighted by Crippen LogP contribution is 2.22. The zero-order valence-electron chi connectivity index (χ0n) is 17.2. The second-order valence-electron chi connectivity index (χ2n) is 6.97. The number of para-hydroxylation sites is 1. The number of benzene rings is 3. The van der Waals surface area contributed by atoms with Gasteiger partial charge >= 0.3 is 0 Å². The maximum Gasteiger partial charge on any atom is 0.280 e. The van der Waals surface area contributed by atoms with Crippen molar-refractivity contribution < 1.29 is 14.3 Å². The Kier molecular flexibility index (Phi) is 5.66. The summed E-state index contributed by atoms with van der Waals surface area (Å²) in [6, 6.07) is 21.5. The molecule has 156 valence electrons. The number of amides is 1. The van der Waals surface area contributed by atoms with Gasteiger partial charge < -0.3 is 9.47 Å². The number of hydrogen-bond acceptors (Lipinski definition) is 5. The van der Waals surface area contributed by atoms with E-state index >= 15 is 0 Å². The van der Waals surface area contributed by atoms with E-state index in [2.05, 4.69) is 10.4 Å². The number of carbonyl (C=O) groups excluding carboxylic acids is 1. The van der Waals surface area contributed by atoms with Crippen LogP contribution in [0.25, 0.3) is 22.3 Å². The highest BCUT2D eigenvalue weighted by Gasteiger charge is 2.16. The van der Waals surface area contributed by atoms with E-state index in [9.17, 15) is 9.59 Å². The van der Waals surface area contributed by atoms with Gasteiger partial charge in [-0.1, -0.05) is 36.4 Å². The lowest BCUT2D eigenvalue weighted by Crippen LogP contribution is -2.37. The van der Waals surface area contributed by atoms with Crippen LogP contribution < -0.4 is 20.5 Å². The van der Waals surface area contributed by atoms with E-state index in [4.69, 9.17) is 9.47 Å². The van der Waals surface area contributed by atoms with Crippen LogP contribution in [0, 0.1) is 6.92 Å². The van der Waals surface area contributed by atoms with E-state index in [0.717, 1.165) is 10.2 Å². The Morgan fingerprint density at radius 3 is 2.58 bits per heavy atom. The number of carbonyl (C=O) groups is 1. The van der Waals surface area contributed by atoms with E-state index in [1.807, 2.05) is 31.2 Å². The molecule has 0 atom stereocenters. The Hall–Kier alpha value is -4.13. The summed E-state index contributed by atoms with van der Waals surface area (Å²) in [5.41, 5.74) is 4.43. The molecule has 4 rings (SSSR count). The van der Waals surface area contributed by atoms with Crippen LogP contribution in [0.4, 0.5) is 0 Å². The van der Waals surface area contributed by atoms with Crippen LogP contribution >= 0.6 is 0 Å². The highest BCUT2D eigenvalue weighted by molar-refractivity contribution is 5.87. The molecular formula is C24H21N3O4. The van der Waals surface area contributed by atoms with Gasteiger partial charge in [0.05, 0.1) is 18.0 Å². The SMILES string of the molecule is COc1cccc(-c2nc3ccccc3c(=O)n2NC(=O)COc2cccc(C)c2)c1. The van der Waals surface area contributed by atoms with Crippen LogP contribution in [0.2, 0.25) is 0 Å². The summed E-state index contributed by atoms with van der Waals surface area (Å²) in [5.74, 6) is 1.00. The lowest BCUT2D eigenvalue weighted by Gasteiger charge is -2.15. The molecule has 4 aromatic rings. The van der Waals surface area contributed by atoms with Gasteiger partial charge in [-0.05, 0) is 48.9 Å². The maximum absolute atomic E-state index is 13.2. The normalized spacial score (nSPS) is 10.6. The molecule has 1 N–H and O–H groups in total. The number of fused-ring (bicyclic) bond motifs is 1. The van der Waals surface area contributed by atoms with Crippen molar-refractivity contribution in [3.05, 3.63) is 88.7 Å². The summed E-state index contributed by atoms with van der Waals surface area (Å²) in [5, 5.41) is 0.397. The van der Waals surface area contributed by atoms with Crippen molar-refractivity contribution in [3.8, 4) is 22.9 Å². The molecule has 0 radical (unpaired) electrons. The summed E-state index contributed by atoms with van der Waals surface area (Å²) in [4.78, 5) is 30.4. The second kappa shape index (κ2) is 8.71. The molecule has 3 aromatic carbocycles. The number of rotatable bonds is 6. The average molecular weight is 415 g/mol. The molecule has 1 heterocycles. The van der Waals surface area contributed by atoms with Crippen LogP contribution in [-0.4, -0.2) is 29.3 Å². The summed E-state index contributed by atoms with van der Waals surface area (Å²) >= 11 is 0. The average Bonchev–Trinajstić information content (AvgIpc) is 2.79. The highest BCUT2D eigenvalue weighted by atomic mass is 16.5. The minimum atomic E-state index is -0.482. The molecular weight excluding hydrogens is 394 g/mol. The van der Waals surface area contributed by atoms with Gasteiger partial charge in [-0.15, -0.1) is 0 Å². The second-order valence-corrected chi connectivity index (χ2v) is 6.97. The Labute approximate surface area is 178 Å². The Bertz CT molecular complexity index is 1310.